The number of aryl methyl sites for hydroxylation is 2. The van der Waals surface area contributed by atoms with Crippen LogP contribution in [0.2, 0.25) is 0 Å². The number of aromatic nitrogens is 2. The number of carbonyl (C=O) groups excluding carboxylic acids is 1. The molecular weight excluding hydrogens is 402 g/mol. The van der Waals surface area contributed by atoms with Gasteiger partial charge in [0, 0.05) is 29.3 Å². The number of amides is 1. The summed E-state index contributed by atoms with van der Waals surface area (Å²) in [7, 11) is 0. The van der Waals surface area contributed by atoms with Gasteiger partial charge in [0.1, 0.15) is 0 Å². The van der Waals surface area contributed by atoms with Crippen molar-refractivity contribution in [2.75, 3.05) is 0 Å². The lowest BCUT2D eigenvalue weighted by Gasteiger charge is -2.17. The van der Waals surface area contributed by atoms with Gasteiger partial charge in [-0.2, -0.15) is 0 Å². The highest BCUT2D eigenvalue weighted by atomic mass is 16.4. The van der Waals surface area contributed by atoms with Crippen LogP contribution in [0.4, 0.5) is 0 Å². The molecule has 0 fully saturated rings. The summed E-state index contributed by atoms with van der Waals surface area (Å²) in [5.41, 5.74) is 12.6. The highest BCUT2D eigenvalue weighted by Gasteiger charge is 2.16. The molecule has 2 heterocycles. The van der Waals surface area contributed by atoms with Crippen LogP contribution < -0.4 is 5.73 Å². The Labute approximate surface area is 186 Å². The molecule has 0 saturated carbocycles. The van der Waals surface area contributed by atoms with Crippen LogP contribution in [0.5, 0.6) is 0 Å². The first-order valence-electron chi connectivity index (χ1n) is 10.3. The maximum Gasteiger partial charge on any atom is 0.303 e. The van der Waals surface area contributed by atoms with Crippen LogP contribution in [0, 0.1) is 6.92 Å². The van der Waals surface area contributed by atoms with E-state index in [-0.39, 0.29) is 6.42 Å². The molecule has 6 heteroatoms. The molecule has 4 aromatic rings. The highest BCUT2D eigenvalue weighted by molar-refractivity contribution is 5.93. The number of nitrogens with zero attached hydrogens (tertiary/aromatic N) is 2. The summed E-state index contributed by atoms with van der Waals surface area (Å²) in [5, 5.41) is 9.19. The van der Waals surface area contributed by atoms with Crippen molar-refractivity contribution < 1.29 is 14.7 Å². The first kappa shape index (κ1) is 21.1. The molecule has 1 amide bonds. The van der Waals surface area contributed by atoms with Gasteiger partial charge in [0.25, 0.3) is 0 Å². The van der Waals surface area contributed by atoms with Crippen molar-refractivity contribution in [3.63, 3.8) is 0 Å². The minimum Gasteiger partial charge on any atom is -0.481 e. The van der Waals surface area contributed by atoms with Crippen molar-refractivity contribution in [1.82, 2.24) is 9.55 Å². The van der Waals surface area contributed by atoms with Gasteiger partial charge in [-0.25, -0.2) is 0 Å². The summed E-state index contributed by atoms with van der Waals surface area (Å²) >= 11 is 0. The van der Waals surface area contributed by atoms with E-state index in [0.29, 0.717) is 12.0 Å². The normalized spacial score (nSPS) is 10.8. The molecule has 4 rings (SSSR count). The Kier molecular flexibility index (Phi) is 5.85. The van der Waals surface area contributed by atoms with E-state index in [1.54, 1.807) is 24.5 Å². The number of rotatable bonds is 7. The van der Waals surface area contributed by atoms with E-state index in [1.807, 2.05) is 37.3 Å². The lowest BCUT2D eigenvalue weighted by molar-refractivity contribution is -0.136. The molecule has 0 spiro atoms. The van der Waals surface area contributed by atoms with Crippen molar-refractivity contribution >= 4 is 11.9 Å². The number of primary amides is 1. The van der Waals surface area contributed by atoms with Crippen LogP contribution >= 0.6 is 0 Å². The summed E-state index contributed by atoms with van der Waals surface area (Å²) in [6, 6.07) is 21.4. The second-order valence-corrected chi connectivity index (χ2v) is 7.62. The van der Waals surface area contributed by atoms with Crippen molar-refractivity contribution in [2.45, 2.75) is 19.8 Å². The molecule has 0 atom stereocenters. The van der Waals surface area contributed by atoms with E-state index in [2.05, 4.69) is 33.8 Å². The molecule has 6 nitrogen and oxygen atoms in total. The minimum atomic E-state index is -0.846. The van der Waals surface area contributed by atoms with Gasteiger partial charge in [-0.1, -0.05) is 24.3 Å². The maximum atomic E-state index is 11.6. The van der Waals surface area contributed by atoms with Gasteiger partial charge in [-0.05, 0) is 78.1 Å². The Bertz CT molecular complexity index is 1280. The fourth-order valence-electron chi connectivity index (χ4n) is 3.86. The monoisotopic (exact) mass is 425 g/mol. The molecule has 2 aromatic carbocycles. The number of carboxylic acid groups (broad SMARTS) is 1. The smallest absolute Gasteiger partial charge is 0.303 e. The molecule has 0 aliphatic heterocycles. The second kappa shape index (κ2) is 8.89. The summed E-state index contributed by atoms with van der Waals surface area (Å²) in [6.45, 7) is 1.92. The number of nitrogens with two attached hydrogens (primary N) is 1. The van der Waals surface area contributed by atoms with E-state index in [1.165, 1.54) is 0 Å². The van der Waals surface area contributed by atoms with Gasteiger partial charge < -0.3 is 15.4 Å². The maximum absolute atomic E-state index is 11.6. The lowest BCUT2D eigenvalue weighted by Crippen LogP contribution is -2.12. The van der Waals surface area contributed by atoms with Crippen molar-refractivity contribution in [3.8, 4) is 28.1 Å². The van der Waals surface area contributed by atoms with Crippen LogP contribution in [0.25, 0.3) is 28.1 Å². The van der Waals surface area contributed by atoms with Crippen LogP contribution in [0.1, 0.15) is 28.0 Å². The van der Waals surface area contributed by atoms with Crippen LogP contribution in [-0.4, -0.2) is 26.5 Å². The SMILES string of the molecule is Cc1cc(C(N)=O)ccc1-n1c(CCC(=O)O)ccc1-c1ccc(-c2ccncc2)cc1. The number of benzene rings is 2. The summed E-state index contributed by atoms with van der Waals surface area (Å²) < 4.78 is 2.06. The van der Waals surface area contributed by atoms with Crippen LogP contribution in [0.15, 0.2) is 79.1 Å². The van der Waals surface area contributed by atoms with E-state index in [9.17, 15) is 14.7 Å². The molecular formula is C26H23N3O3. The minimum absolute atomic E-state index is 0.0306. The van der Waals surface area contributed by atoms with E-state index < -0.39 is 11.9 Å². The number of pyridine rings is 1. The number of aliphatic carboxylic acids is 1. The Morgan fingerprint density at radius 1 is 0.906 bits per heavy atom. The zero-order valence-electron chi connectivity index (χ0n) is 17.7. The highest BCUT2D eigenvalue weighted by Crippen LogP contribution is 2.31. The predicted octanol–water partition coefficient (Wildman–Crippen LogP) is 4.63. The fourth-order valence-corrected chi connectivity index (χ4v) is 3.86. The molecule has 160 valence electrons. The van der Waals surface area contributed by atoms with Crippen LogP contribution in [0.3, 0.4) is 0 Å². The second-order valence-electron chi connectivity index (χ2n) is 7.62. The number of carboxylic acids is 1. The first-order valence-corrected chi connectivity index (χ1v) is 10.3. The number of carbonyl (C=O) groups is 2. The summed E-state index contributed by atoms with van der Waals surface area (Å²) in [4.78, 5) is 26.8. The molecule has 3 N–H and O–H groups in total. The molecule has 0 radical (unpaired) electrons. The lowest BCUT2D eigenvalue weighted by atomic mass is 10.0. The van der Waals surface area contributed by atoms with Gasteiger partial charge in [-0.15, -0.1) is 0 Å². The third-order valence-corrected chi connectivity index (χ3v) is 5.47. The van der Waals surface area contributed by atoms with Crippen LogP contribution in [-0.2, 0) is 11.2 Å². The Morgan fingerprint density at radius 3 is 2.19 bits per heavy atom. The van der Waals surface area contributed by atoms with Crippen molar-refractivity contribution in [1.29, 1.82) is 0 Å². The molecule has 0 bridgehead atoms. The quantitative estimate of drug-likeness (QED) is 0.451. The largest absolute Gasteiger partial charge is 0.481 e. The van der Waals surface area contributed by atoms with E-state index in [4.69, 9.17) is 5.73 Å². The molecule has 0 saturated heterocycles. The van der Waals surface area contributed by atoms with Gasteiger partial charge in [0.2, 0.25) is 5.91 Å². The zero-order chi connectivity index (χ0) is 22.7. The standard InChI is InChI=1S/C26H23N3O3/c1-17-16-21(26(27)32)6-9-23(17)29-22(8-11-25(30)31)7-10-24(29)20-4-2-18(3-5-20)19-12-14-28-15-13-19/h2-7,9-10,12-16H,8,11H2,1H3,(H2,27,32)(H,30,31). The predicted molar refractivity (Wildman–Crippen MR) is 124 cm³/mol. The molecule has 2 aromatic heterocycles. The van der Waals surface area contributed by atoms with Gasteiger partial charge in [-0.3, -0.25) is 14.6 Å². The third-order valence-electron chi connectivity index (χ3n) is 5.47. The molecule has 32 heavy (non-hydrogen) atoms. The Morgan fingerprint density at radius 2 is 1.56 bits per heavy atom. The topological polar surface area (TPSA) is 98.2 Å². The zero-order valence-corrected chi connectivity index (χ0v) is 17.7. The Balaban J connectivity index is 1.79. The number of hydrogen-bond donors (Lipinski definition) is 2. The van der Waals surface area contributed by atoms with Gasteiger partial charge in [0.15, 0.2) is 0 Å². The van der Waals surface area contributed by atoms with Gasteiger partial charge in [0.05, 0.1) is 12.1 Å². The third kappa shape index (κ3) is 4.30. The summed E-state index contributed by atoms with van der Waals surface area (Å²) in [5.74, 6) is -1.33. The molecule has 0 aliphatic carbocycles. The van der Waals surface area contributed by atoms with Crippen molar-refractivity contribution in [2.24, 2.45) is 5.73 Å². The van der Waals surface area contributed by atoms with E-state index in [0.717, 1.165) is 39.3 Å². The van der Waals surface area contributed by atoms with E-state index >= 15 is 0 Å². The van der Waals surface area contributed by atoms with Gasteiger partial charge >= 0.3 is 5.97 Å². The average Bonchev–Trinajstić information content (AvgIpc) is 3.22. The first-order chi connectivity index (χ1) is 15.4. The molecule has 0 unspecified atom stereocenters. The Hall–Kier alpha value is -4.19. The fraction of sp³-hybridized carbons (Fsp3) is 0.115. The van der Waals surface area contributed by atoms with Crippen molar-refractivity contribution in [3.05, 3.63) is 95.9 Å². The average molecular weight is 425 g/mol. The molecule has 0 aliphatic rings. The summed E-state index contributed by atoms with van der Waals surface area (Å²) in [6.07, 6.45) is 3.95. The number of hydrogen-bond acceptors (Lipinski definition) is 3.